The lowest BCUT2D eigenvalue weighted by Crippen LogP contribution is -2.72. The van der Waals surface area contributed by atoms with E-state index >= 15 is 0 Å². The third-order valence-electron chi connectivity index (χ3n) is 8.97. The monoisotopic (exact) mass is 710 g/mol. The van der Waals surface area contributed by atoms with Gasteiger partial charge in [0.05, 0.1) is 41.5 Å². The average molecular weight is 711 g/mol. The highest BCUT2D eigenvalue weighted by molar-refractivity contribution is 14.1. The smallest absolute Gasteiger partial charge is 0.183 e. The Hall–Kier alpha value is -3.22. The van der Waals surface area contributed by atoms with Crippen LogP contribution in [0.25, 0.3) is 10.8 Å². The molecule has 4 atom stereocenters. The largest absolute Gasteiger partial charge is 0.496 e. The molecule has 0 radical (unpaired) electrons. The minimum atomic E-state index is -2.49. The number of methoxy groups -OCH3 is 2. The molecule has 4 aromatic rings. The van der Waals surface area contributed by atoms with Crippen LogP contribution in [-0.4, -0.2) is 52.6 Å². The number of aliphatic hydroxyl groups is 3. The van der Waals surface area contributed by atoms with E-state index < -0.39 is 28.7 Å². The lowest BCUT2D eigenvalue weighted by Gasteiger charge is -2.56. The molecule has 230 valence electrons. The van der Waals surface area contributed by atoms with Gasteiger partial charge < -0.3 is 34.3 Å². The maximum Gasteiger partial charge on any atom is 0.183 e. The molecule has 0 spiro atoms. The number of carbonyl (C=O) groups is 1. The summed E-state index contributed by atoms with van der Waals surface area (Å²) in [6.07, 6.45) is -1.99. The van der Waals surface area contributed by atoms with Gasteiger partial charge in [-0.15, -0.1) is 0 Å². The molecule has 4 aromatic carbocycles. The molecule has 9 heteroatoms. The summed E-state index contributed by atoms with van der Waals surface area (Å²) in [7, 11) is 2.95. The Labute approximate surface area is 269 Å². The second-order valence-electron chi connectivity index (χ2n) is 11.8. The van der Waals surface area contributed by atoms with E-state index in [4.69, 9.17) is 18.9 Å². The molecule has 6 rings (SSSR count). The fourth-order valence-corrected chi connectivity index (χ4v) is 7.48. The zero-order valence-corrected chi connectivity index (χ0v) is 27.0. The van der Waals surface area contributed by atoms with Crippen molar-refractivity contribution in [3.8, 4) is 17.2 Å². The van der Waals surface area contributed by atoms with Crippen LogP contribution >= 0.6 is 22.6 Å². The third kappa shape index (κ3) is 4.85. The van der Waals surface area contributed by atoms with Gasteiger partial charge in [-0.25, -0.2) is 0 Å². The number of hydrogen-bond donors (Lipinski definition) is 3. The Morgan fingerprint density at radius 1 is 0.864 bits per heavy atom. The van der Waals surface area contributed by atoms with Crippen LogP contribution in [0.4, 0.5) is 0 Å². The Bertz CT molecular complexity index is 1710. The molecule has 1 saturated carbocycles. The highest BCUT2D eigenvalue weighted by Crippen LogP contribution is 2.59. The number of benzene rings is 4. The first-order chi connectivity index (χ1) is 21.1. The zero-order chi connectivity index (χ0) is 31.3. The predicted molar refractivity (Wildman–Crippen MR) is 173 cm³/mol. The standard InChI is InChI=1S/C35H35IO8/c1-33(44-19-22-12-8-5-9-13-22)17-27(38)35(40)29-24(16-26(37)34(35,39)20-33)30(41-2)28-23(31(29)42-3)14-15-25(36)32(28)43-18-21-10-6-4-7-11-21/h4-15,26,37,39-40H,16-20H2,1-3H3/t26-,33+,34-,35+/m1/s1. The van der Waals surface area contributed by atoms with E-state index in [1.165, 1.54) is 14.2 Å². The van der Waals surface area contributed by atoms with Gasteiger partial charge in [-0.05, 0) is 52.8 Å². The summed E-state index contributed by atoms with van der Waals surface area (Å²) in [4.78, 5) is 14.2. The number of ketones is 1. The van der Waals surface area contributed by atoms with Crippen molar-refractivity contribution in [1.82, 2.24) is 0 Å². The first-order valence-electron chi connectivity index (χ1n) is 14.5. The minimum Gasteiger partial charge on any atom is -0.496 e. The van der Waals surface area contributed by atoms with E-state index in [1.807, 2.05) is 72.8 Å². The van der Waals surface area contributed by atoms with Crippen molar-refractivity contribution in [2.45, 2.75) is 62.3 Å². The van der Waals surface area contributed by atoms with Crippen LogP contribution in [0, 0.1) is 3.57 Å². The maximum absolute atomic E-state index is 14.2. The molecule has 1 fully saturated rings. The van der Waals surface area contributed by atoms with E-state index in [0.717, 1.165) is 14.7 Å². The van der Waals surface area contributed by atoms with Crippen LogP contribution < -0.4 is 14.2 Å². The van der Waals surface area contributed by atoms with Crippen molar-refractivity contribution in [1.29, 1.82) is 0 Å². The lowest BCUT2D eigenvalue weighted by molar-refractivity contribution is -0.255. The van der Waals surface area contributed by atoms with Crippen LogP contribution in [0.15, 0.2) is 72.8 Å². The molecule has 0 bridgehead atoms. The highest BCUT2D eigenvalue weighted by Gasteiger charge is 2.69. The van der Waals surface area contributed by atoms with Gasteiger partial charge in [-0.3, -0.25) is 4.79 Å². The highest BCUT2D eigenvalue weighted by atomic mass is 127. The second kappa shape index (κ2) is 11.6. The van der Waals surface area contributed by atoms with Gasteiger partial charge in [0.25, 0.3) is 0 Å². The first-order valence-corrected chi connectivity index (χ1v) is 15.5. The van der Waals surface area contributed by atoms with Crippen LogP contribution in [0.2, 0.25) is 0 Å². The molecule has 0 heterocycles. The molecule has 3 N–H and O–H groups in total. The van der Waals surface area contributed by atoms with Crippen LogP contribution in [0.5, 0.6) is 17.2 Å². The van der Waals surface area contributed by atoms with Gasteiger partial charge in [0, 0.05) is 35.8 Å². The zero-order valence-electron chi connectivity index (χ0n) is 24.8. The first kappa shape index (κ1) is 30.8. The summed E-state index contributed by atoms with van der Waals surface area (Å²) in [6, 6.07) is 22.9. The molecule has 8 nitrogen and oxygen atoms in total. The van der Waals surface area contributed by atoms with Crippen molar-refractivity contribution < 1.29 is 39.1 Å². The van der Waals surface area contributed by atoms with Crippen molar-refractivity contribution in [3.05, 3.63) is 98.6 Å². The number of halogens is 1. The Morgan fingerprint density at radius 3 is 2.09 bits per heavy atom. The quantitative estimate of drug-likeness (QED) is 0.214. The van der Waals surface area contributed by atoms with E-state index in [1.54, 1.807) is 6.92 Å². The number of rotatable bonds is 8. The van der Waals surface area contributed by atoms with Crippen LogP contribution in [0.1, 0.15) is 42.0 Å². The number of hydrogen-bond acceptors (Lipinski definition) is 8. The second-order valence-corrected chi connectivity index (χ2v) is 13.0. The molecule has 2 aliphatic carbocycles. The molecule has 0 aliphatic heterocycles. The van der Waals surface area contributed by atoms with Crippen molar-refractivity contribution >= 4 is 39.1 Å². The Balaban J connectivity index is 1.49. The van der Waals surface area contributed by atoms with Crippen LogP contribution in [0.3, 0.4) is 0 Å². The molecule has 0 amide bonds. The van der Waals surface area contributed by atoms with E-state index in [-0.39, 0.29) is 37.2 Å². The van der Waals surface area contributed by atoms with Gasteiger partial charge in [-0.2, -0.15) is 0 Å². The molecule has 0 aromatic heterocycles. The van der Waals surface area contributed by atoms with Crippen molar-refractivity contribution in [3.63, 3.8) is 0 Å². The topological polar surface area (TPSA) is 115 Å². The number of Topliss-reactive ketones (excluding diaryl/α,β-unsaturated/α-hetero) is 1. The van der Waals surface area contributed by atoms with E-state index in [0.29, 0.717) is 34.4 Å². The number of carbonyl (C=O) groups excluding carboxylic acids is 1. The lowest BCUT2D eigenvalue weighted by atomic mass is 9.56. The molecule has 44 heavy (non-hydrogen) atoms. The van der Waals surface area contributed by atoms with Gasteiger partial charge in [0.15, 0.2) is 11.4 Å². The van der Waals surface area contributed by atoms with Gasteiger partial charge in [-0.1, -0.05) is 60.7 Å². The summed E-state index contributed by atoms with van der Waals surface area (Å²) in [5, 5.41) is 37.4. The fraction of sp³-hybridized carbons (Fsp3) is 0.343. The summed E-state index contributed by atoms with van der Waals surface area (Å²) in [5.74, 6) is 0.428. The SMILES string of the molecule is COc1c2c(c(OC)c3c(OCc4ccccc4)c(I)ccc13)C[C@@H](O)[C@]1(O)C[C@@](C)(OCc3ccccc3)CC(=O)[C@]21O. The summed E-state index contributed by atoms with van der Waals surface area (Å²) >= 11 is 2.19. The molecular formula is C35H35IO8. The minimum absolute atomic E-state index is 0.0995. The Kier molecular flexibility index (Phi) is 8.13. The van der Waals surface area contributed by atoms with Gasteiger partial charge in [0.1, 0.15) is 29.5 Å². The van der Waals surface area contributed by atoms with E-state index in [9.17, 15) is 20.1 Å². The summed E-state index contributed by atoms with van der Waals surface area (Å²) < 4.78 is 25.3. The van der Waals surface area contributed by atoms with E-state index in [2.05, 4.69) is 22.6 Å². The van der Waals surface area contributed by atoms with Crippen molar-refractivity contribution in [2.75, 3.05) is 14.2 Å². The number of ether oxygens (including phenoxy) is 4. The molecule has 0 saturated heterocycles. The normalized spacial score (nSPS) is 26.2. The third-order valence-corrected chi connectivity index (χ3v) is 9.82. The summed E-state index contributed by atoms with van der Waals surface area (Å²) in [5.41, 5.74) is -3.54. The molecular weight excluding hydrogens is 675 g/mol. The number of fused-ring (bicyclic) bond motifs is 4. The van der Waals surface area contributed by atoms with Gasteiger partial charge in [0.2, 0.25) is 0 Å². The van der Waals surface area contributed by atoms with Crippen molar-refractivity contribution in [2.24, 2.45) is 0 Å². The number of aliphatic hydroxyl groups excluding tert-OH is 1. The Morgan fingerprint density at radius 2 is 1.48 bits per heavy atom. The van der Waals surface area contributed by atoms with Gasteiger partial charge >= 0.3 is 0 Å². The fourth-order valence-electron chi connectivity index (χ4n) is 6.87. The molecule has 0 unspecified atom stereocenters. The molecule has 2 aliphatic rings. The summed E-state index contributed by atoms with van der Waals surface area (Å²) in [6.45, 7) is 2.23. The van der Waals surface area contributed by atoms with Crippen LogP contribution in [-0.2, 0) is 34.8 Å². The maximum atomic E-state index is 14.2. The average Bonchev–Trinajstić information content (AvgIpc) is 3.02. The predicted octanol–water partition coefficient (Wildman–Crippen LogP) is 5.21.